The molecule has 0 aromatic heterocycles. The highest BCUT2D eigenvalue weighted by Gasteiger charge is 2.56. The molecule has 29 heavy (non-hydrogen) atoms. The third kappa shape index (κ3) is 5.75. The number of carbonyl (C=O) groups excluding carboxylic acids is 1. The van der Waals surface area contributed by atoms with Crippen molar-refractivity contribution in [2.45, 2.75) is 120 Å². The van der Waals surface area contributed by atoms with E-state index in [1.54, 1.807) is 14.2 Å². The molecule has 2 rings (SSSR count). The van der Waals surface area contributed by atoms with Crippen LogP contribution < -0.4 is 0 Å². The Labute approximate surface area is 182 Å². The molecule has 169 valence electrons. The van der Waals surface area contributed by atoms with Gasteiger partial charge in [0.1, 0.15) is 5.04 Å². The van der Waals surface area contributed by atoms with Gasteiger partial charge in [0.25, 0.3) is 14.3 Å². The van der Waals surface area contributed by atoms with Crippen LogP contribution in [-0.2, 0) is 18.1 Å². The Balaban J connectivity index is 2.42. The summed E-state index contributed by atoms with van der Waals surface area (Å²) in [6.07, 6.45) is 13.6. The molecule has 0 spiro atoms. The fourth-order valence-corrected chi connectivity index (χ4v) is 13.9. The topological polar surface area (TPSA) is 44.8 Å². The minimum atomic E-state index is -2.26. The smallest absolute Gasteiger partial charge is 0.402 e. The first-order valence-corrected chi connectivity index (χ1v) is 15.6. The third-order valence-corrected chi connectivity index (χ3v) is 15.7. The molecule has 0 amide bonds. The molecular weight excluding hydrogens is 396 g/mol. The Morgan fingerprint density at radius 2 is 1.41 bits per heavy atom. The maximum Gasteiger partial charge on any atom is 0.402 e. The van der Waals surface area contributed by atoms with E-state index in [1.165, 1.54) is 64.2 Å². The monoisotopic (exact) mass is 441 g/mol. The van der Waals surface area contributed by atoms with Gasteiger partial charge in [0, 0.05) is 14.2 Å². The van der Waals surface area contributed by atoms with Gasteiger partial charge in [-0.15, -0.1) is 0 Å². The summed E-state index contributed by atoms with van der Waals surface area (Å²) in [6.45, 7) is 8.71. The Morgan fingerprint density at radius 3 is 1.76 bits per heavy atom. The maximum atomic E-state index is 13.8. The van der Waals surface area contributed by atoms with Crippen molar-refractivity contribution in [2.24, 2.45) is 5.92 Å². The Morgan fingerprint density at radius 1 is 0.966 bits per heavy atom. The molecule has 4 nitrogen and oxygen atoms in total. The van der Waals surface area contributed by atoms with Crippen molar-refractivity contribution in [2.75, 3.05) is 14.2 Å². The second-order valence-electron chi connectivity index (χ2n) is 9.99. The van der Waals surface area contributed by atoms with Gasteiger partial charge < -0.3 is 13.3 Å². The van der Waals surface area contributed by atoms with Crippen LogP contribution in [0.1, 0.15) is 98.3 Å². The zero-order chi connectivity index (χ0) is 21.5. The van der Waals surface area contributed by atoms with Crippen molar-refractivity contribution in [1.82, 2.24) is 0 Å². The molecule has 0 heterocycles. The Kier molecular flexibility index (Phi) is 9.90. The van der Waals surface area contributed by atoms with Gasteiger partial charge in [-0.25, -0.2) is 0 Å². The summed E-state index contributed by atoms with van der Waals surface area (Å²) in [5, 5.41) is -0.660. The minimum absolute atomic E-state index is 0.0268. The van der Waals surface area contributed by atoms with Gasteiger partial charge in [-0.2, -0.15) is 0 Å². The molecule has 0 bridgehead atoms. The predicted molar refractivity (Wildman–Crippen MR) is 124 cm³/mol. The first-order chi connectivity index (χ1) is 13.8. The van der Waals surface area contributed by atoms with Gasteiger partial charge in [-0.1, -0.05) is 59.3 Å². The van der Waals surface area contributed by atoms with Gasteiger partial charge in [-0.3, -0.25) is 4.79 Å². The van der Waals surface area contributed by atoms with Crippen LogP contribution in [0, 0.1) is 5.92 Å². The lowest BCUT2D eigenvalue weighted by molar-refractivity contribution is -0.140. The molecule has 1 unspecified atom stereocenters. The lowest BCUT2D eigenvalue weighted by atomic mass is 9.99. The summed E-state index contributed by atoms with van der Waals surface area (Å²) in [5.74, 6) is 0.543. The number of hydrogen-bond donors (Lipinski definition) is 0. The highest BCUT2D eigenvalue weighted by atomic mass is 28.4. The maximum absolute atomic E-state index is 13.8. The fourth-order valence-electron chi connectivity index (χ4n) is 5.89. The molecule has 6 heteroatoms. The van der Waals surface area contributed by atoms with Crippen molar-refractivity contribution in [3.8, 4) is 0 Å². The fraction of sp³-hybridized carbons (Fsp3) is 0.957. The molecule has 2 fully saturated rings. The second kappa shape index (κ2) is 11.4. The molecule has 2 saturated carbocycles. The average molecular weight is 442 g/mol. The molecule has 1 atom stereocenters. The molecule has 0 aromatic rings. The lowest BCUT2D eigenvalue weighted by Crippen LogP contribution is -2.54. The van der Waals surface area contributed by atoms with E-state index in [0.717, 1.165) is 6.04 Å². The van der Waals surface area contributed by atoms with E-state index < -0.39 is 22.6 Å². The van der Waals surface area contributed by atoms with Crippen LogP contribution in [0.25, 0.3) is 0 Å². The van der Waals surface area contributed by atoms with Gasteiger partial charge in [0.2, 0.25) is 0 Å². The predicted octanol–water partition coefficient (Wildman–Crippen LogP) is 6.75. The van der Waals surface area contributed by atoms with E-state index in [2.05, 4.69) is 20.8 Å². The van der Waals surface area contributed by atoms with E-state index in [1.807, 2.05) is 6.92 Å². The van der Waals surface area contributed by atoms with Crippen molar-refractivity contribution >= 4 is 23.6 Å². The van der Waals surface area contributed by atoms with E-state index in [4.69, 9.17) is 13.3 Å². The van der Waals surface area contributed by atoms with E-state index >= 15 is 0 Å². The minimum Gasteiger partial charge on any atom is -0.518 e. The first kappa shape index (κ1) is 25.1. The van der Waals surface area contributed by atoms with Crippen molar-refractivity contribution < 1.29 is 18.1 Å². The number of rotatable bonds is 10. The SMILES string of the molecule is CCC(C)(C(=O)O[Si](CC(C)C)(C1CCCCC1)C1CCCCC1)[Si](OC)OC. The summed E-state index contributed by atoms with van der Waals surface area (Å²) in [5.41, 5.74) is 1.26. The zero-order valence-corrected chi connectivity index (χ0v) is 21.9. The Bertz CT molecular complexity index is 479. The van der Waals surface area contributed by atoms with Crippen molar-refractivity contribution in [3.05, 3.63) is 0 Å². The molecule has 2 aliphatic carbocycles. The molecule has 0 N–H and O–H groups in total. The van der Waals surface area contributed by atoms with Crippen LogP contribution in [-0.4, -0.2) is 37.8 Å². The normalized spacial score (nSPS) is 22.1. The summed E-state index contributed by atoms with van der Waals surface area (Å²) < 4.78 is 18.2. The van der Waals surface area contributed by atoms with Crippen LogP contribution in [0.2, 0.25) is 22.2 Å². The second-order valence-corrected chi connectivity index (χ2v) is 16.6. The van der Waals surface area contributed by atoms with Crippen LogP contribution in [0.5, 0.6) is 0 Å². The molecule has 2 aliphatic rings. The lowest BCUT2D eigenvalue weighted by Gasteiger charge is -2.48. The van der Waals surface area contributed by atoms with Crippen LogP contribution in [0.15, 0.2) is 0 Å². The van der Waals surface area contributed by atoms with Crippen LogP contribution in [0.3, 0.4) is 0 Å². The largest absolute Gasteiger partial charge is 0.518 e. The molecule has 1 radical (unpaired) electrons. The van der Waals surface area contributed by atoms with Gasteiger partial charge >= 0.3 is 9.28 Å². The summed E-state index contributed by atoms with van der Waals surface area (Å²) in [6, 6.07) is 1.12. The number of hydrogen-bond acceptors (Lipinski definition) is 4. The van der Waals surface area contributed by atoms with Gasteiger partial charge in [-0.05, 0) is 62.1 Å². The van der Waals surface area contributed by atoms with E-state index in [0.29, 0.717) is 23.4 Å². The highest BCUT2D eigenvalue weighted by Crippen LogP contribution is 2.53. The molecule has 0 aliphatic heterocycles. The third-order valence-electron chi connectivity index (χ3n) is 7.58. The van der Waals surface area contributed by atoms with Crippen LogP contribution >= 0.6 is 0 Å². The summed E-state index contributed by atoms with van der Waals surface area (Å²) >= 11 is 0. The highest BCUT2D eigenvalue weighted by molar-refractivity contribution is 6.78. The standard InChI is InChI=1S/C23H45O4Si2/c1-7-23(4,28(25-5)26-6)22(24)27-29(18-19(2)3,20-14-10-8-11-15-20)21-16-12-9-13-17-21/h19-21H,7-18H2,1-6H3. The van der Waals surface area contributed by atoms with Crippen LogP contribution in [0.4, 0.5) is 0 Å². The van der Waals surface area contributed by atoms with E-state index in [-0.39, 0.29) is 5.97 Å². The van der Waals surface area contributed by atoms with Crippen molar-refractivity contribution in [1.29, 1.82) is 0 Å². The quantitative estimate of drug-likeness (QED) is 0.352. The molecule has 0 saturated heterocycles. The molecular formula is C23H45O4Si2. The van der Waals surface area contributed by atoms with Gasteiger partial charge in [0.05, 0.1) is 0 Å². The zero-order valence-electron chi connectivity index (χ0n) is 19.9. The summed E-state index contributed by atoms with van der Waals surface area (Å²) in [4.78, 5) is 13.8. The van der Waals surface area contributed by atoms with E-state index in [9.17, 15) is 4.79 Å². The number of carbonyl (C=O) groups is 1. The molecule has 0 aromatic carbocycles. The first-order valence-electron chi connectivity index (χ1n) is 12.0. The van der Waals surface area contributed by atoms with Crippen molar-refractivity contribution in [3.63, 3.8) is 0 Å². The summed E-state index contributed by atoms with van der Waals surface area (Å²) in [7, 11) is -0.650. The van der Waals surface area contributed by atoms with Gasteiger partial charge in [0.15, 0.2) is 0 Å². The average Bonchev–Trinajstić information content (AvgIpc) is 2.74. The Hall–Kier alpha value is -0.176.